The molecular formula is C15H34O7Si. The molecule has 0 aromatic heterocycles. The van der Waals surface area contributed by atoms with Crippen LogP contribution in [0.2, 0.25) is 5.54 Å². The number of rotatable bonds is 16. The van der Waals surface area contributed by atoms with Gasteiger partial charge in [-0.15, -0.1) is 0 Å². The predicted molar refractivity (Wildman–Crippen MR) is 89.4 cm³/mol. The normalized spacial score (nSPS) is 13.7. The summed E-state index contributed by atoms with van der Waals surface area (Å²) in [6, 6.07) is 0. The third kappa shape index (κ3) is 9.73. The molecular weight excluding hydrogens is 320 g/mol. The lowest BCUT2D eigenvalue weighted by Gasteiger charge is -2.32. The van der Waals surface area contributed by atoms with E-state index in [1.807, 2.05) is 27.7 Å². The molecule has 7 nitrogen and oxygen atoms in total. The number of aliphatic hydroxyl groups is 2. The molecule has 140 valence electrons. The molecule has 0 rings (SSSR count). The van der Waals surface area contributed by atoms with E-state index in [9.17, 15) is 0 Å². The van der Waals surface area contributed by atoms with E-state index in [0.717, 1.165) is 0 Å². The maximum absolute atomic E-state index is 8.97. The van der Waals surface area contributed by atoms with E-state index in [2.05, 4.69) is 0 Å². The standard InChI is InChI=1S/C15H34O7Si/c1-5-20-23(14(3)4,21-6-2)22-12-11-18-13-15(7-8-16)19-10-9-17/h14-17H,5-13H2,1-4H3. The Morgan fingerprint density at radius 3 is 2.00 bits per heavy atom. The van der Waals surface area contributed by atoms with Crippen molar-refractivity contribution in [3.63, 3.8) is 0 Å². The van der Waals surface area contributed by atoms with Crippen LogP contribution < -0.4 is 0 Å². The minimum absolute atomic E-state index is 0.0218. The Balaban J connectivity index is 4.17. The summed E-state index contributed by atoms with van der Waals surface area (Å²) in [7, 11) is -2.67. The fourth-order valence-corrected chi connectivity index (χ4v) is 4.49. The minimum atomic E-state index is -2.67. The fraction of sp³-hybridized carbons (Fsp3) is 1.00. The largest absolute Gasteiger partial charge is 0.503 e. The SMILES string of the molecule is CCO[Si](OCC)(OCCOCC(CCO)OCCO)C(C)C. The van der Waals surface area contributed by atoms with Crippen molar-refractivity contribution in [1.82, 2.24) is 0 Å². The van der Waals surface area contributed by atoms with E-state index in [-0.39, 0.29) is 31.5 Å². The summed E-state index contributed by atoms with van der Waals surface area (Å²) in [4.78, 5) is 0. The van der Waals surface area contributed by atoms with Gasteiger partial charge in [-0.05, 0) is 20.3 Å². The van der Waals surface area contributed by atoms with Gasteiger partial charge in [0.2, 0.25) is 0 Å². The second-order valence-electron chi connectivity index (χ2n) is 5.28. The summed E-state index contributed by atoms with van der Waals surface area (Å²) >= 11 is 0. The summed E-state index contributed by atoms with van der Waals surface area (Å²) in [5, 5.41) is 17.7. The summed E-state index contributed by atoms with van der Waals surface area (Å²) in [6.45, 7) is 10.4. The fourth-order valence-electron chi connectivity index (χ4n) is 2.06. The van der Waals surface area contributed by atoms with Crippen LogP contribution >= 0.6 is 0 Å². The second kappa shape index (κ2) is 14.3. The molecule has 0 heterocycles. The van der Waals surface area contributed by atoms with Crippen molar-refractivity contribution >= 4 is 8.80 Å². The van der Waals surface area contributed by atoms with E-state index < -0.39 is 8.80 Å². The first-order valence-corrected chi connectivity index (χ1v) is 10.2. The molecule has 0 saturated heterocycles. The molecule has 23 heavy (non-hydrogen) atoms. The van der Waals surface area contributed by atoms with Crippen molar-refractivity contribution in [3.8, 4) is 0 Å². The van der Waals surface area contributed by atoms with Gasteiger partial charge in [0.05, 0.1) is 39.1 Å². The van der Waals surface area contributed by atoms with Gasteiger partial charge in [0, 0.05) is 25.4 Å². The quantitative estimate of drug-likeness (QED) is 0.318. The van der Waals surface area contributed by atoms with Crippen molar-refractivity contribution in [2.24, 2.45) is 0 Å². The number of hydrogen-bond acceptors (Lipinski definition) is 7. The molecule has 1 unspecified atom stereocenters. The highest BCUT2D eigenvalue weighted by Gasteiger charge is 2.44. The highest BCUT2D eigenvalue weighted by atomic mass is 28.4. The van der Waals surface area contributed by atoms with Gasteiger partial charge in [0.25, 0.3) is 0 Å². The van der Waals surface area contributed by atoms with Gasteiger partial charge in [-0.3, -0.25) is 0 Å². The average molecular weight is 355 g/mol. The van der Waals surface area contributed by atoms with Crippen LogP contribution in [-0.2, 0) is 22.8 Å². The minimum Gasteiger partial charge on any atom is -0.396 e. The molecule has 0 fully saturated rings. The first-order chi connectivity index (χ1) is 11.1. The number of hydrogen-bond donors (Lipinski definition) is 2. The number of ether oxygens (including phenoxy) is 2. The van der Waals surface area contributed by atoms with E-state index in [1.54, 1.807) is 0 Å². The summed E-state index contributed by atoms with van der Waals surface area (Å²) in [5.41, 5.74) is 0.178. The van der Waals surface area contributed by atoms with Crippen molar-refractivity contribution in [2.45, 2.75) is 45.8 Å². The summed E-state index contributed by atoms with van der Waals surface area (Å²) in [5.74, 6) is 0. The molecule has 0 bridgehead atoms. The first-order valence-electron chi connectivity index (χ1n) is 8.39. The van der Waals surface area contributed by atoms with Crippen LogP contribution in [0, 0.1) is 0 Å². The number of aliphatic hydroxyl groups excluding tert-OH is 2. The van der Waals surface area contributed by atoms with Gasteiger partial charge in [-0.25, -0.2) is 0 Å². The Morgan fingerprint density at radius 2 is 1.52 bits per heavy atom. The lowest BCUT2D eigenvalue weighted by Crippen LogP contribution is -2.49. The van der Waals surface area contributed by atoms with Crippen LogP contribution in [-0.4, -0.2) is 78.0 Å². The predicted octanol–water partition coefficient (Wildman–Crippen LogP) is 1.20. The molecule has 1 atom stereocenters. The Bertz CT molecular complexity index is 260. The van der Waals surface area contributed by atoms with Gasteiger partial charge in [-0.2, -0.15) is 0 Å². The van der Waals surface area contributed by atoms with Gasteiger partial charge >= 0.3 is 8.80 Å². The first kappa shape index (κ1) is 22.9. The van der Waals surface area contributed by atoms with Crippen LogP contribution in [0.4, 0.5) is 0 Å². The van der Waals surface area contributed by atoms with Crippen LogP contribution in [0.1, 0.15) is 34.1 Å². The zero-order chi connectivity index (χ0) is 17.6. The van der Waals surface area contributed by atoms with Crippen molar-refractivity contribution in [1.29, 1.82) is 0 Å². The molecule has 0 amide bonds. The lowest BCUT2D eigenvalue weighted by atomic mass is 10.3. The molecule has 0 radical (unpaired) electrons. The third-order valence-electron chi connectivity index (χ3n) is 3.13. The average Bonchev–Trinajstić information content (AvgIpc) is 2.52. The molecule has 0 aliphatic heterocycles. The van der Waals surface area contributed by atoms with Crippen LogP contribution in [0.5, 0.6) is 0 Å². The van der Waals surface area contributed by atoms with Crippen LogP contribution in [0.3, 0.4) is 0 Å². The molecule has 0 aromatic carbocycles. The molecule has 0 saturated carbocycles. The van der Waals surface area contributed by atoms with E-state index >= 15 is 0 Å². The van der Waals surface area contributed by atoms with Crippen molar-refractivity contribution in [2.75, 3.05) is 52.9 Å². The lowest BCUT2D eigenvalue weighted by molar-refractivity contribution is -0.0459. The Hall–Kier alpha value is -0.0631. The Morgan fingerprint density at radius 1 is 0.870 bits per heavy atom. The van der Waals surface area contributed by atoms with Gasteiger partial charge in [-0.1, -0.05) is 13.8 Å². The Kier molecular flexibility index (Phi) is 14.3. The third-order valence-corrected chi connectivity index (χ3v) is 6.53. The van der Waals surface area contributed by atoms with E-state index in [0.29, 0.717) is 39.5 Å². The highest BCUT2D eigenvalue weighted by molar-refractivity contribution is 6.62. The molecule has 2 N–H and O–H groups in total. The van der Waals surface area contributed by atoms with E-state index in [1.165, 1.54) is 0 Å². The smallest absolute Gasteiger partial charge is 0.396 e. The van der Waals surface area contributed by atoms with Crippen molar-refractivity contribution < 1.29 is 33.0 Å². The molecule has 8 heteroatoms. The van der Waals surface area contributed by atoms with Gasteiger partial charge in [0.1, 0.15) is 0 Å². The van der Waals surface area contributed by atoms with Crippen LogP contribution in [0.25, 0.3) is 0 Å². The molecule has 0 aliphatic rings. The van der Waals surface area contributed by atoms with Crippen molar-refractivity contribution in [3.05, 3.63) is 0 Å². The molecule has 0 aromatic rings. The topological polar surface area (TPSA) is 86.6 Å². The zero-order valence-electron chi connectivity index (χ0n) is 15.0. The highest BCUT2D eigenvalue weighted by Crippen LogP contribution is 2.24. The molecule has 0 spiro atoms. The van der Waals surface area contributed by atoms with E-state index in [4.69, 9.17) is 33.0 Å². The zero-order valence-corrected chi connectivity index (χ0v) is 16.0. The second-order valence-corrected chi connectivity index (χ2v) is 8.50. The van der Waals surface area contributed by atoms with Gasteiger partial charge in [0.15, 0.2) is 0 Å². The summed E-state index contributed by atoms with van der Waals surface area (Å²) in [6.07, 6.45) is 0.252. The van der Waals surface area contributed by atoms with Crippen LogP contribution in [0.15, 0.2) is 0 Å². The van der Waals surface area contributed by atoms with Gasteiger partial charge < -0.3 is 33.0 Å². The monoisotopic (exact) mass is 354 g/mol. The molecule has 0 aliphatic carbocycles. The Labute approximate surface area is 141 Å². The summed E-state index contributed by atoms with van der Waals surface area (Å²) < 4.78 is 28.5. The maximum atomic E-state index is 8.97. The maximum Gasteiger partial charge on any atom is 0.503 e.